The molecule has 0 saturated heterocycles. The fraction of sp³-hybridized carbons (Fsp3) is 0.588. The van der Waals surface area contributed by atoms with E-state index in [1.807, 2.05) is 39.8 Å². The first-order chi connectivity index (χ1) is 21.0. The van der Waals surface area contributed by atoms with Gasteiger partial charge in [0.1, 0.15) is 11.5 Å². The second-order valence-electron chi connectivity index (χ2n) is 12.3. The van der Waals surface area contributed by atoms with Gasteiger partial charge in [0.15, 0.2) is 0 Å². The van der Waals surface area contributed by atoms with Crippen molar-refractivity contribution in [2.24, 2.45) is 5.92 Å². The fourth-order valence-corrected chi connectivity index (χ4v) is 5.31. The average Bonchev–Trinajstić information content (AvgIpc) is 2.98. The number of carbonyl (C=O) groups is 2. The van der Waals surface area contributed by atoms with Gasteiger partial charge in [0.25, 0.3) is 5.91 Å². The molecule has 44 heavy (non-hydrogen) atoms. The molecule has 0 aliphatic carbocycles. The predicted molar refractivity (Wildman–Crippen MR) is 173 cm³/mol. The number of likely N-dealkylation sites (N-methyl/N-ethyl adjacent to an activating group) is 1. The Bertz CT molecular complexity index is 1190. The summed E-state index contributed by atoms with van der Waals surface area (Å²) < 4.78 is 18.1. The zero-order chi connectivity index (χ0) is 32.2. The molecule has 0 spiro atoms. The van der Waals surface area contributed by atoms with Crippen LogP contribution >= 0.6 is 0 Å². The number of benzene rings is 2. The molecule has 3 rings (SSSR count). The first-order valence-electron chi connectivity index (χ1n) is 15.7. The summed E-state index contributed by atoms with van der Waals surface area (Å²) in [7, 11) is 3.73. The number of hydrogen-bond acceptors (Lipinski definition) is 7. The molecular formula is C34H52N4O6. The van der Waals surface area contributed by atoms with Gasteiger partial charge in [0.05, 0.1) is 37.5 Å². The van der Waals surface area contributed by atoms with E-state index < -0.39 is 6.04 Å². The van der Waals surface area contributed by atoms with Crippen molar-refractivity contribution in [1.82, 2.24) is 15.1 Å². The molecule has 2 aromatic rings. The molecule has 10 nitrogen and oxygen atoms in total. The molecule has 1 aliphatic heterocycles. The molecule has 0 fully saturated rings. The Kier molecular flexibility index (Phi) is 13.8. The molecule has 4 atom stereocenters. The first-order valence-corrected chi connectivity index (χ1v) is 15.7. The van der Waals surface area contributed by atoms with E-state index in [0.717, 1.165) is 31.6 Å². The van der Waals surface area contributed by atoms with Crippen molar-refractivity contribution < 1.29 is 28.9 Å². The van der Waals surface area contributed by atoms with E-state index in [1.54, 1.807) is 30.2 Å². The van der Waals surface area contributed by atoms with Crippen molar-refractivity contribution in [2.45, 2.75) is 84.7 Å². The summed E-state index contributed by atoms with van der Waals surface area (Å²) in [4.78, 5) is 30.6. The van der Waals surface area contributed by atoms with Crippen LogP contribution in [-0.2, 0) is 11.3 Å². The van der Waals surface area contributed by atoms with Crippen molar-refractivity contribution >= 4 is 17.6 Å². The molecule has 3 N–H and O–H groups in total. The van der Waals surface area contributed by atoms with Gasteiger partial charge in [-0.15, -0.1) is 0 Å². The standard InChI is InChI=1S/C34H52N4O6/c1-23(2)35-34(41)36-28-13-16-31-30(18-28)33(40)38(25(4)22-39)19-24(3)32(43-17-9-8-10-26(5)44-31)21-37(6)20-27-11-14-29(42-7)15-12-27/h11-16,18,23-26,32,39H,8-10,17,19-22H2,1-7H3,(H2,35,36,41)/t24-,25+,26-,32+/m1/s1. The highest BCUT2D eigenvalue weighted by Crippen LogP contribution is 2.28. The number of methoxy groups -OCH3 is 1. The van der Waals surface area contributed by atoms with Crippen LogP contribution in [0.3, 0.4) is 0 Å². The lowest BCUT2D eigenvalue weighted by Gasteiger charge is -2.36. The largest absolute Gasteiger partial charge is 0.497 e. The molecule has 1 heterocycles. The molecule has 0 saturated carbocycles. The minimum absolute atomic E-state index is 0.0318. The van der Waals surface area contributed by atoms with Crippen LogP contribution in [0.5, 0.6) is 11.5 Å². The van der Waals surface area contributed by atoms with Gasteiger partial charge in [0.2, 0.25) is 0 Å². The summed E-state index contributed by atoms with van der Waals surface area (Å²) in [5.41, 5.74) is 2.00. The maximum Gasteiger partial charge on any atom is 0.319 e. The zero-order valence-corrected chi connectivity index (χ0v) is 27.5. The van der Waals surface area contributed by atoms with Gasteiger partial charge in [0, 0.05) is 43.9 Å². The molecule has 0 radical (unpaired) electrons. The third-order valence-electron chi connectivity index (χ3n) is 7.83. The van der Waals surface area contributed by atoms with Gasteiger partial charge in [-0.05, 0) is 89.9 Å². The van der Waals surface area contributed by atoms with Gasteiger partial charge in [-0.2, -0.15) is 0 Å². The third kappa shape index (κ3) is 10.7. The van der Waals surface area contributed by atoms with Crippen LogP contribution in [0.2, 0.25) is 0 Å². The van der Waals surface area contributed by atoms with Crippen molar-refractivity contribution in [3.63, 3.8) is 0 Å². The summed E-state index contributed by atoms with van der Waals surface area (Å²) in [6.45, 7) is 11.9. The molecular weight excluding hydrogens is 560 g/mol. The van der Waals surface area contributed by atoms with E-state index in [0.29, 0.717) is 36.7 Å². The summed E-state index contributed by atoms with van der Waals surface area (Å²) in [6.07, 6.45) is 2.37. The minimum atomic E-state index is -0.443. The Morgan fingerprint density at radius 2 is 1.86 bits per heavy atom. The van der Waals surface area contributed by atoms with Crippen molar-refractivity contribution in [3.05, 3.63) is 53.6 Å². The third-order valence-corrected chi connectivity index (χ3v) is 7.83. The quantitative estimate of drug-likeness (QED) is 0.359. The predicted octanol–water partition coefficient (Wildman–Crippen LogP) is 5.15. The number of rotatable bonds is 9. The number of anilines is 1. The Morgan fingerprint density at radius 3 is 2.52 bits per heavy atom. The molecule has 0 aromatic heterocycles. The van der Waals surface area contributed by atoms with Crippen LogP contribution in [-0.4, -0.2) is 91.6 Å². The van der Waals surface area contributed by atoms with E-state index in [9.17, 15) is 14.7 Å². The van der Waals surface area contributed by atoms with Crippen molar-refractivity contribution in [2.75, 3.05) is 45.8 Å². The van der Waals surface area contributed by atoms with Crippen LogP contribution in [0, 0.1) is 5.92 Å². The average molecular weight is 613 g/mol. The summed E-state index contributed by atoms with van der Waals surface area (Å²) in [5, 5.41) is 15.8. The molecule has 244 valence electrons. The van der Waals surface area contributed by atoms with Crippen LogP contribution in [0.4, 0.5) is 10.5 Å². The Labute approximate surface area is 263 Å². The maximum atomic E-state index is 14.2. The highest BCUT2D eigenvalue weighted by molar-refractivity contribution is 5.99. The smallest absolute Gasteiger partial charge is 0.319 e. The van der Waals surface area contributed by atoms with Gasteiger partial charge < -0.3 is 34.9 Å². The van der Waals surface area contributed by atoms with E-state index >= 15 is 0 Å². The Morgan fingerprint density at radius 1 is 1.14 bits per heavy atom. The molecule has 0 unspecified atom stereocenters. The van der Waals surface area contributed by atoms with Gasteiger partial charge in [-0.1, -0.05) is 19.1 Å². The number of amides is 3. The van der Waals surface area contributed by atoms with Crippen molar-refractivity contribution in [3.8, 4) is 11.5 Å². The number of fused-ring (bicyclic) bond motifs is 1. The lowest BCUT2D eigenvalue weighted by molar-refractivity contribution is -0.0177. The molecule has 10 heteroatoms. The van der Waals surface area contributed by atoms with Gasteiger partial charge in [-0.3, -0.25) is 9.69 Å². The topological polar surface area (TPSA) is 113 Å². The lowest BCUT2D eigenvalue weighted by Crippen LogP contribution is -2.47. The van der Waals surface area contributed by atoms with Crippen LogP contribution in [0.1, 0.15) is 69.8 Å². The Hall–Kier alpha value is -3.34. The van der Waals surface area contributed by atoms with Crippen LogP contribution in [0.25, 0.3) is 0 Å². The van der Waals surface area contributed by atoms with E-state index in [2.05, 4.69) is 41.6 Å². The fourth-order valence-electron chi connectivity index (χ4n) is 5.31. The van der Waals surface area contributed by atoms with E-state index in [4.69, 9.17) is 14.2 Å². The number of aliphatic hydroxyl groups is 1. The number of hydrogen-bond donors (Lipinski definition) is 3. The minimum Gasteiger partial charge on any atom is -0.497 e. The molecule has 0 bridgehead atoms. The molecule has 2 aromatic carbocycles. The highest BCUT2D eigenvalue weighted by atomic mass is 16.5. The van der Waals surface area contributed by atoms with E-state index in [1.165, 1.54) is 5.56 Å². The number of aliphatic hydroxyl groups excluding tert-OH is 1. The van der Waals surface area contributed by atoms with E-state index in [-0.39, 0.29) is 42.7 Å². The van der Waals surface area contributed by atoms with Crippen molar-refractivity contribution in [1.29, 1.82) is 0 Å². The highest BCUT2D eigenvalue weighted by Gasteiger charge is 2.30. The normalized spacial score (nSPS) is 20.8. The zero-order valence-electron chi connectivity index (χ0n) is 27.5. The lowest BCUT2D eigenvalue weighted by atomic mass is 10.0. The number of urea groups is 1. The summed E-state index contributed by atoms with van der Waals surface area (Å²) in [6, 6.07) is 12.4. The summed E-state index contributed by atoms with van der Waals surface area (Å²) in [5.74, 6) is 0.987. The second kappa shape index (κ2) is 17.2. The van der Waals surface area contributed by atoms with Gasteiger partial charge in [-0.25, -0.2) is 4.79 Å². The summed E-state index contributed by atoms with van der Waals surface area (Å²) >= 11 is 0. The number of ether oxygens (including phenoxy) is 3. The van der Waals surface area contributed by atoms with Crippen LogP contribution in [0.15, 0.2) is 42.5 Å². The molecule has 3 amide bonds. The van der Waals surface area contributed by atoms with Crippen LogP contribution < -0.4 is 20.1 Å². The SMILES string of the molecule is COc1ccc(CN(C)C[C@@H]2OCCCC[C@@H](C)Oc3ccc(NC(=O)NC(C)C)cc3C(=O)N([C@@H](C)CO)C[C@H]2C)cc1. The number of nitrogens with zero attached hydrogens (tertiary/aromatic N) is 2. The monoisotopic (exact) mass is 612 g/mol. The second-order valence-corrected chi connectivity index (χ2v) is 12.3. The Balaban J connectivity index is 1.88. The number of carbonyl (C=O) groups excluding carboxylic acids is 2. The first kappa shape index (κ1) is 35.1. The van der Waals surface area contributed by atoms with Gasteiger partial charge >= 0.3 is 6.03 Å². The number of nitrogens with one attached hydrogen (secondary N) is 2. The maximum absolute atomic E-state index is 14.2. The molecule has 1 aliphatic rings.